The second-order valence-corrected chi connectivity index (χ2v) is 6.31. The van der Waals surface area contributed by atoms with Crippen LogP contribution >= 0.6 is 0 Å². The SMILES string of the molecule is O=C(c1ccn(C2CCCNC2)n1)N1CCCC(C(F)(F)F)C1. The Balaban J connectivity index is 1.67. The number of nitrogens with zero attached hydrogens (tertiary/aromatic N) is 3. The lowest BCUT2D eigenvalue weighted by molar-refractivity contribution is -0.184. The Morgan fingerprint density at radius 2 is 2.13 bits per heavy atom. The van der Waals surface area contributed by atoms with Gasteiger partial charge >= 0.3 is 6.18 Å². The molecule has 1 aromatic rings. The summed E-state index contributed by atoms with van der Waals surface area (Å²) in [6, 6.07) is 1.81. The van der Waals surface area contributed by atoms with E-state index < -0.39 is 18.0 Å². The first-order chi connectivity index (χ1) is 10.9. The molecule has 2 unspecified atom stereocenters. The monoisotopic (exact) mass is 330 g/mol. The van der Waals surface area contributed by atoms with Crippen LogP contribution in [0.15, 0.2) is 12.3 Å². The molecule has 8 heteroatoms. The minimum absolute atomic E-state index is 0.0927. The smallest absolute Gasteiger partial charge is 0.337 e. The third-order valence-electron chi connectivity index (χ3n) is 4.64. The van der Waals surface area contributed by atoms with Crippen molar-refractivity contribution in [3.63, 3.8) is 0 Å². The zero-order chi connectivity index (χ0) is 16.4. The lowest BCUT2D eigenvalue weighted by Gasteiger charge is -2.33. The molecule has 0 radical (unpaired) electrons. The van der Waals surface area contributed by atoms with Gasteiger partial charge < -0.3 is 10.2 Å². The Morgan fingerprint density at radius 1 is 1.30 bits per heavy atom. The van der Waals surface area contributed by atoms with Gasteiger partial charge in [0.2, 0.25) is 0 Å². The highest BCUT2D eigenvalue weighted by Crippen LogP contribution is 2.33. The number of halogens is 3. The lowest BCUT2D eigenvalue weighted by Crippen LogP contribution is -2.44. The van der Waals surface area contributed by atoms with E-state index in [0.29, 0.717) is 13.0 Å². The first-order valence-corrected chi connectivity index (χ1v) is 8.07. The first-order valence-electron chi connectivity index (χ1n) is 8.07. The summed E-state index contributed by atoms with van der Waals surface area (Å²) < 4.78 is 40.3. The number of hydrogen-bond acceptors (Lipinski definition) is 3. The standard InChI is InChI=1S/C15H21F3N4O/c16-15(17,18)11-3-2-7-21(10-11)14(23)13-5-8-22(20-13)12-4-1-6-19-9-12/h5,8,11-12,19H,1-4,6-7,9-10H2. The number of carbonyl (C=O) groups is 1. The maximum absolute atomic E-state index is 12.9. The number of aromatic nitrogens is 2. The van der Waals surface area contributed by atoms with E-state index >= 15 is 0 Å². The molecule has 3 heterocycles. The fraction of sp³-hybridized carbons (Fsp3) is 0.733. The van der Waals surface area contributed by atoms with Crippen molar-refractivity contribution in [3.05, 3.63) is 18.0 Å². The molecule has 2 fully saturated rings. The van der Waals surface area contributed by atoms with E-state index in [1.807, 2.05) is 0 Å². The lowest BCUT2D eigenvalue weighted by atomic mass is 9.97. The highest BCUT2D eigenvalue weighted by molar-refractivity contribution is 5.92. The average Bonchev–Trinajstić information content (AvgIpc) is 3.04. The normalized spacial score (nSPS) is 26.3. The van der Waals surface area contributed by atoms with E-state index in [1.165, 1.54) is 4.90 Å². The second-order valence-electron chi connectivity index (χ2n) is 6.31. The van der Waals surface area contributed by atoms with Gasteiger partial charge in [0, 0.05) is 25.8 Å². The molecular formula is C15H21F3N4O. The fourth-order valence-electron chi connectivity index (χ4n) is 3.31. The van der Waals surface area contributed by atoms with Crippen LogP contribution in [-0.2, 0) is 0 Å². The van der Waals surface area contributed by atoms with Crippen LogP contribution in [0.25, 0.3) is 0 Å². The Hall–Kier alpha value is -1.57. The minimum Gasteiger partial charge on any atom is -0.337 e. The molecule has 23 heavy (non-hydrogen) atoms. The van der Waals surface area contributed by atoms with Crippen molar-refractivity contribution in [2.75, 3.05) is 26.2 Å². The van der Waals surface area contributed by atoms with Crippen molar-refractivity contribution < 1.29 is 18.0 Å². The van der Waals surface area contributed by atoms with E-state index in [4.69, 9.17) is 0 Å². The van der Waals surface area contributed by atoms with E-state index in [-0.39, 0.29) is 24.7 Å². The van der Waals surface area contributed by atoms with Crippen LogP contribution in [0, 0.1) is 5.92 Å². The summed E-state index contributed by atoms with van der Waals surface area (Å²) in [4.78, 5) is 13.7. The Kier molecular flexibility index (Phi) is 4.61. The Labute approximate surface area is 132 Å². The third kappa shape index (κ3) is 3.68. The summed E-state index contributed by atoms with van der Waals surface area (Å²) in [5, 5.41) is 7.58. The van der Waals surface area contributed by atoms with Crippen molar-refractivity contribution in [3.8, 4) is 0 Å². The van der Waals surface area contributed by atoms with Gasteiger partial charge in [-0.05, 0) is 38.3 Å². The van der Waals surface area contributed by atoms with Crippen molar-refractivity contribution in [2.45, 2.75) is 37.9 Å². The quantitative estimate of drug-likeness (QED) is 0.905. The number of amides is 1. The number of carbonyl (C=O) groups excluding carboxylic acids is 1. The molecule has 1 N–H and O–H groups in total. The summed E-state index contributed by atoms with van der Waals surface area (Å²) in [7, 11) is 0. The van der Waals surface area contributed by atoms with Crippen LogP contribution < -0.4 is 5.32 Å². The molecule has 0 bridgehead atoms. The van der Waals surface area contributed by atoms with Gasteiger partial charge in [-0.1, -0.05) is 0 Å². The average molecular weight is 330 g/mol. The number of hydrogen-bond donors (Lipinski definition) is 1. The number of piperidine rings is 2. The summed E-state index contributed by atoms with van der Waals surface area (Å²) in [6.45, 7) is 1.88. The molecule has 5 nitrogen and oxygen atoms in total. The van der Waals surface area contributed by atoms with Gasteiger partial charge in [0.05, 0.1) is 12.0 Å². The predicted octanol–water partition coefficient (Wildman–Crippen LogP) is 2.22. The van der Waals surface area contributed by atoms with Gasteiger partial charge in [0.15, 0.2) is 0 Å². The van der Waals surface area contributed by atoms with Gasteiger partial charge in [0.1, 0.15) is 5.69 Å². The highest BCUT2D eigenvalue weighted by atomic mass is 19.4. The molecule has 1 amide bonds. The van der Waals surface area contributed by atoms with E-state index in [0.717, 1.165) is 25.9 Å². The molecule has 0 saturated carbocycles. The molecule has 2 aliphatic rings. The molecule has 1 aromatic heterocycles. The number of nitrogens with one attached hydrogen (secondary N) is 1. The van der Waals surface area contributed by atoms with Crippen molar-refractivity contribution in [1.29, 1.82) is 0 Å². The van der Waals surface area contributed by atoms with Gasteiger partial charge in [-0.2, -0.15) is 18.3 Å². The maximum atomic E-state index is 12.9. The molecule has 2 saturated heterocycles. The van der Waals surface area contributed by atoms with Crippen LogP contribution in [0.5, 0.6) is 0 Å². The predicted molar refractivity (Wildman–Crippen MR) is 78.1 cm³/mol. The van der Waals surface area contributed by atoms with Gasteiger partial charge in [-0.25, -0.2) is 0 Å². The number of likely N-dealkylation sites (tertiary alicyclic amines) is 1. The third-order valence-corrected chi connectivity index (χ3v) is 4.64. The molecule has 0 spiro atoms. The summed E-state index contributed by atoms with van der Waals surface area (Å²) in [5.74, 6) is -1.83. The van der Waals surface area contributed by atoms with Crippen LogP contribution in [-0.4, -0.2) is 52.9 Å². The van der Waals surface area contributed by atoms with Gasteiger partial charge in [-0.3, -0.25) is 9.48 Å². The summed E-state index contributed by atoms with van der Waals surface area (Å²) >= 11 is 0. The Morgan fingerprint density at radius 3 is 2.83 bits per heavy atom. The molecular weight excluding hydrogens is 309 g/mol. The van der Waals surface area contributed by atoms with E-state index in [9.17, 15) is 18.0 Å². The van der Waals surface area contributed by atoms with Crippen LogP contribution in [0.3, 0.4) is 0 Å². The van der Waals surface area contributed by atoms with E-state index in [1.54, 1.807) is 16.9 Å². The molecule has 2 aliphatic heterocycles. The molecule has 128 valence electrons. The van der Waals surface area contributed by atoms with Crippen molar-refractivity contribution in [2.24, 2.45) is 5.92 Å². The molecule has 3 rings (SSSR count). The zero-order valence-corrected chi connectivity index (χ0v) is 12.9. The van der Waals surface area contributed by atoms with Crippen molar-refractivity contribution in [1.82, 2.24) is 20.0 Å². The minimum atomic E-state index is -4.24. The Bertz CT molecular complexity index is 551. The molecule has 0 aliphatic carbocycles. The van der Waals surface area contributed by atoms with Crippen molar-refractivity contribution >= 4 is 5.91 Å². The van der Waals surface area contributed by atoms with Gasteiger partial charge in [-0.15, -0.1) is 0 Å². The van der Waals surface area contributed by atoms with Crippen LogP contribution in [0.2, 0.25) is 0 Å². The van der Waals surface area contributed by atoms with E-state index in [2.05, 4.69) is 10.4 Å². The molecule has 0 aromatic carbocycles. The van der Waals surface area contributed by atoms with Crippen LogP contribution in [0.1, 0.15) is 42.2 Å². The maximum Gasteiger partial charge on any atom is 0.393 e. The fourth-order valence-corrected chi connectivity index (χ4v) is 3.31. The highest BCUT2D eigenvalue weighted by Gasteiger charge is 2.43. The first kappa shape index (κ1) is 16.3. The van der Waals surface area contributed by atoms with Gasteiger partial charge in [0.25, 0.3) is 5.91 Å². The number of alkyl halides is 3. The topological polar surface area (TPSA) is 50.2 Å². The summed E-state index contributed by atoms with van der Waals surface area (Å²) in [5.41, 5.74) is 0.235. The number of rotatable bonds is 2. The second kappa shape index (κ2) is 6.51. The summed E-state index contributed by atoms with van der Waals surface area (Å²) in [6.07, 6.45) is 0.0101. The van der Waals surface area contributed by atoms with Crippen LogP contribution in [0.4, 0.5) is 13.2 Å². The zero-order valence-electron chi connectivity index (χ0n) is 12.9. The molecule has 2 atom stereocenters. The largest absolute Gasteiger partial charge is 0.393 e.